The van der Waals surface area contributed by atoms with Crippen LogP contribution in [-0.2, 0) is 10.5 Å². The van der Waals surface area contributed by atoms with E-state index in [1.165, 1.54) is 23.9 Å². The van der Waals surface area contributed by atoms with Crippen molar-refractivity contribution in [1.82, 2.24) is 9.97 Å². The molecule has 0 spiro atoms. The van der Waals surface area contributed by atoms with Gasteiger partial charge in [-0.1, -0.05) is 0 Å². The van der Waals surface area contributed by atoms with Crippen molar-refractivity contribution in [2.24, 2.45) is 0 Å². The molecule has 1 aliphatic heterocycles. The zero-order valence-electron chi connectivity index (χ0n) is 13.0. The Morgan fingerprint density at radius 1 is 1.29 bits per heavy atom. The topological polar surface area (TPSA) is 38.2 Å². The minimum absolute atomic E-state index is 0.173. The quantitative estimate of drug-likeness (QED) is 0.601. The van der Waals surface area contributed by atoms with E-state index in [-0.39, 0.29) is 11.3 Å². The average Bonchev–Trinajstić information content (AvgIpc) is 2.56. The van der Waals surface area contributed by atoms with Crippen molar-refractivity contribution in [2.75, 3.05) is 24.7 Å². The molecule has 24 heavy (non-hydrogen) atoms. The van der Waals surface area contributed by atoms with Crippen molar-refractivity contribution in [3.05, 3.63) is 46.9 Å². The zero-order chi connectivity index (χ0) is 17.1. The second kappa shape index (κ2) is 7.63. The van der Waals surface area contributed by atoms with Crippen molar-refractivity contribution in [3.63, 3.8) is 0 Å². The van der Waals surface area contributed by atoms with E-state index in [0.29, 0.717) is 23.9 Å². The van der Waals surface area contributed by atoms with Gasteiger partial charge in [0.15, 0.2) is 11.6 Å². The highest BCUT2D eigenvalue weighted by molar-refractivity contribution is 7.98. The summed E-state index contributed by atoms with van der Waals surface area (Å²) in [6, 6.07) is 5.91. The third-order valence-electron chi connectivity index (χ3n) is 3.68. The predicted molar refractivity (Wildman–Crippen MR) is 90.6 cm³/mol. The maximum Gasteiger partial charge on any atom is 0.224 e. The van der Waals surface area contributed by atoms with Crippen LogP contribution in [0.3, 0.4) is 0 Å². The molecule has 0 bridgehead atoms. The average molecular weight is 372 g/mol. The van der Waals surface area contributed by atoms with E-state index >= 15 is 0 Å². The van der Waals surface area contributed by atoms with E-state index in [4.69, 9.17) is 16.3 Å². The summed E-state index contributed by atoms with van der Waals surface area (Å²) < 4.78 is 31.7. The molecule has 0 amide bonds. The number of thioether (sulfide) groups is 1. The lowest BCUT2D eigenvalue weighted by atomic mass is 10.2. The number of hydrogen-bond donors (Lipinski definition) is 0. The standard InChI is InChI=1S/C16H16ClF2N3OS/c1-10-8-23-5-4-22(10)15-6-11(20-16(17)21-15)9-24-12-2-3-13(18)14(19)7-12/h2-3,6-7,10H,4-5,8-9H2,1H3/t10-/m0/s1. The molecular formula is C16H16ClF2N3OS. The molecule has 128 valence electrons. The summed E-state index contributed by atoms with van der Waals surface area (Å²) >= 11 is 7.41. The van der Waals surface area contributed by atoms with Gasteiger partial charge in [-0.25, -0.2) is 18.7 Å². The first-order chi connectivity index (χ1) is 11.5. The zero-order valence-corrected chi connectivity index (χ0v) is 14.6. The molecule has 3 rings (SSSR count). The maximum absolute atomic E-state index is 13.3. The van der Waals surface area contributed by atoms with Gasteiger partial charge in [0.25, 0.3) is 0 Å². The number of morpholine rings is 1. The minimum atomic E-state index is -0.858. The van der Waals surface area contributed by atoms with Crippen LogP contribution < -0.4 is 4.90 Å². The second-order valence-corrected chi connectivity index (χ2v) is 6.86. The van der Waals surface area contributed by atoms with Gasteiger partial charge in [0.1, 0.15) is 5.82 Å². The highest BCUT2D eigenvalue weighted by atomic mass is 35.5. The van der Waals surface area contributed by atoms with E-state index in [9.17, 15) is 8.78 Å². The molecule has 0 unspecified atom stereocenters. The van der Waals surface area contributed by atoms with Gasteiger partial charge in [-0.2, -0.15) is 0 Å². The van der Waals surface area contributed by atoms with Gasteiger partial charge < -0.3 is 9.64 Å². The number of benzene rings is 1. The van der Waals surface area contributed by atoms with Crippen LogP contribution in [0.1, 0.15) is 12.6 Å². The number of nitrogens with zero attached hydrogens (tertiary/aromatic N) is 3. The molecule has 2 aromatic rings. The number of ether oxygens (including phenoxy) is 1. The third-order valence-corrected chi connectivity index (χ3v) is 4.87. The molecular weight excluding hydrogens is 356 g/mol. The lowest BCUT2D eigenvalue weighted by molar-refractivity contribution is 0.0985. The van der Waals surface area contributed by atoms with Crippen molar-refractivity contribution in [1.29, 1.82) is 0 Å². The van der Waals surface area contributed by atoms with Gasteiger partial charge in [0, 0.05) is 23.3 Å². The van der Waals surface area contributed by atoms with Crippen LogP contribution in [0.15, 0.2) is 29.2 Å². The summed E-state index contributed by atoms with van der Waals surface area (Å²) in [5.41, 5.74) is 0.735. The molecule has 0 radical (unpaired) electrons. The highest BCUT2D eigenvalue weighted by Crippen LogP contribution is 2.26. The first-order valence-corrected chi connectivity index (χ1v) is 8.85. The molecule has 1 atom stereocenters. The van der Waals surface area contributed by atoms with Crippen molar-refractivity contribution < 1.29 is 13.5 Å². The normalized spacial score (nSPS) is 18.0. The minimum Gasteiger partial charge on any atom is -0.377 e. The molecule has 1 aromatic heterocycles. The van der Waals surface area contributed by atoms with Gasteiger partial charge >= 0.3 is 0 Å². The fraction of sp³-hybridized carbons (Fsp3) is 0.375. The summed E-state index contributed by atoms with van der Waals surface area (Å²) in [7, 11) is 0. The van der Waals surface area contributed by atoms with E-state index in [1.807, 2.05) is 6.07 Å². The van der Waals surface area contributed by atoms with Gasteiger partial charge in [0.05, 0.1) is 24.9 Å². The van der Waals surface area contributed by atoms with Crippen LogP contribution >= 0.6 is 23.4 Å². The van der Waals surface area contributed by atoms with E-state index in [0.717, 1.165) is 24.1 Å². The molecule has 1 saturated heterocycles. The number of anilines is 1. The Hall–Kier alpha value is -1.44. The Bertz CT molecular complexity index is 734. The van der Waals surface area contributed by atoms with Crippen molar-refractivity contribution in [2.45, 2.75) is 23.6 Å². The highest BCUT2D eigenvalue weighted by Gasteiger charge is 2.21. The molecule has 1 aromatic carbocycles. The number of hydrogen-bond acceptors (Lipinski definition) is 5. The van der Waals surface area contributed by atoms with Gasteiger partial charge in [0.2, 0.25) is 5.28 Å². The SMILES string of the molecule is C[C@H]1COCCN1c1cc(CSc2ccc(F)c(F)c2)nc(Cl)n1. The summed E-state index contributed by atoms with van der Waals surface area (Å²) in [6.45, 7) is 4.08. The van der Waals surface area contributed by atoms with Gasteiger partial charge in [-0.3, -0.25) is 0 Å². The Morgan fingerprint density at radius 2 is 2.12 bits per heavy atom. The molecule has 0 N–H and O–H groups in total. The monoisotopic (exact) mass is 371 g/mol. The molecule has 2 heterocycles. The summed E-state index contributed by atoms with van der Waals surface area (Å²) in [4.78, 5) is 11.3. The Morgan fingerprint density at radius 3 is 2.88 bits per heavy atom. The third kappa shape index (κ3) is 4.15. The Balaban J connectivity index is 1.74. The smallest absolute Gasteiger partial charge is 0.224 e. The van der Waals surface area contributed by atoms with Crippen LogP contribution in [0.5, 0.6) is 0 Å². The summed E-state index contributed by atoms with van der Waals surface area (Å²) in [6.07, 6.45) is 0. The van der Waals surface area contributed by atoms with Crippen LogP contribution in [0, 0.1) is 11.6 Å². The van der Waals surface area contributed by atoms with Crippen LogP contribution in [0.2, 0.25) is 5.28 Å². The van der Waals surface area contributed by atoms with Crippen LogP contribution in [-0.4, -0.2) is 35.8 Å². The predicted octanol–water partition coefficient (Wildman–Crippen LogP) is 3.93. The van der Waals surface area contributed by atoms with E-state index in [1.54, 1.807) is 0 Å². The largest absolute Gasteiger partial charge is 0.377 e. The van der Waals surface area contributed by atoms with Crippen LogP contribution in [0.4, 0.5) is 14.6 Å². The van der Waals surface area contributed by atoms with Gasteiger partial charge in [-0.15, -0.1) is 11.8 Å². The van der Waals surface area contributed by atoms with Crippen molar-refractivity contribution in [3.8, 4) is 0 Å². The number of aromatic nitrogens is 2. The number of halogens is 3. The molecule has 0 saturated carbocycles. The van der Waals surface area contributed by atoms with Crippen molar-refractivity contribution >= 4 is 29.2 Å². The van der Waals surface area contributed by atoms with E-state index in [2.05, 4.69) is 21.8 Å². The molecule has 0 aliphatic carbocycles. The first-order valence-electron chi connectivity index (χ1n) is 7.48. The fourth-order valence-corrected chi connectivity index (χ4v) is 3.47. The molecule has 8 heteroatoms. The molecule has 1 fully saturated rings. The number of rotatable bonds is 4. The lowest BCUT2D eigenvalue weighted by Gasteiger charge is -2.34. The Labute approximate surface area is 148 Å². The Kier molecular flexibility index (Phi) is 5.53. The summed E-state index contributed by atoms with van der Waals surface area (Å²) in [5.74, 6) is -0.470. The molecule has 1 aliphatic rings. The first kappa shape index (κ1) is 17.4. The second-order valence-electron chi connectivity index (χ2n) is 5.47. The summed E-state index contributed by atoms with van der Waals surface area (Å²) in [5, 5.41) is 0.173. The van der Waals surface area contributed by atoms with Gasteiger partial charge in [-0.05, 0) is 36.7 Å². The molecule has 4 nitrogen and oxygen atoms in total. The maximum atomic E-state index is 13.3. The van der Waals surface area contributed by atoms with Crippen LogP contribution in [0.25, 0.3) is 0 Å². The lowest BCUT2D eigenvalue weighted by Crippen LogP contribution is -2.44. The van der Waals surface area contributed by atoms with E-state index < -0.39 is 11.6 Å². The fourth-order valence-electron chi connectivity index (χ4n) is 2.46.